The Bertz CT molecular complexity index is 787. The van der Waals surface area contributed by atoms with E-state index in [4.69, 9.17) is 16.3 Å². The van der Waals surface area contributed by atoms with E-state index in [-0.39, 0.29) is 22.6 Å². The van der Waals surface area contributed by atoms with E-state index in [1.807, 2.05) is 0 Å². The highest BCUT2D eigenvalue weighted by molar-refractivity contribution is 6.32. The molecule has 0 aliphatic carbocycles. The summed E-state index contributed by atoms with van der Waals surface area (Å²) in [4.78, 5) is 11.8. The largest absolute Gasteiger partial charge is 0.489 e. The van der Waals surface area contributed by atoms with Crippen LogP contribution in [0, 0.1) is 5.82 Å². The molecule has 0 bridgehead atoms. The Morgan fingerprint density at radius 2 is 1.91 bits per heavy atom. The number of alkyl halides is 3. The van der Waals surface area contributed by atoms with Gasteiger partial charge in [-0.1, -0.05) is 11.6 Å². The topological polar surface area (TPSA) is 44.1 Å². The van der Waals surface area contributed by atoms with Crippen molar-refractivity contribution >= 4 is 11.6 Å². The van der Waals surface area contributed by atoms with Crippen LogP contribution in [0.25, 0.3) is 5.69 Å². The van der Waals surface area contributed by atoms with Gasteiger partial charge in [-0.2, -0.15) is 23.0 Å². The van der Waals surface area contributed by atoms with Crippen LogP contribution in [0.5, 0.6) is 5.75 Å². The van der Waals surface area contributed by atoms with E-state index >= 15 is 0 Å². The number of aromatic nitrogens is 2. The minimum atomic E-state index is -4.71. The summed E-state index contributed by atoms with van der Waals surface area (Å²) in [6, 6.07) is 2.35. The van der Waals surface area contributed by atoms with Gasteiger partial charge in [0.1, 0.15) is 11.4 Å². The second-order valence-electron chi connectivity index (χ2n) is 4.89. The molecule has 124 valence electrons. The molecule has 1 heterocycles. The number of hydrogen-bond acceptors (Lipinski definition) is 3. The highest BCUT2D eigenvalue weighted by Gasteiger charge is 2.32. The van der Waals surface area contributed by atoms with Gasteiger partial charge in [-0.05, 0) is 19.9 Å². The zero-order valence-corrected chi connectivity index (χ0v) is 12.7. The molecule has 0 atom stereocenters. The van der Waals surface area contributed by atoms with Crippen molar-refractivity contribution < 1.29 is 22.3 Å². The number of rotatable bonds is 3. The molecular formula is C14H11ClF4N2O2. The van der Waals surface area contributed by atoms with Crippen molar-refractivity contribution in [2.75, 3.05) is 0 Å². The van der Waals surface area contributed by atoms with Gasteiger partial charge in [0.05, 0.1) is 22.9 Å². The average molecular weight is 351 g/mol. The molecule has 9 heteroatoms. The Morgan fingerprint density at radius 3 is 2.43 bits per heavy atom. The van der Waals surface area contributed by atoms with Gasteiger partial charge in [-0.25, -0.2) is 4.39 Å². The van der Waals surface area contributed by atoms with E-state index in [1.165, 1.54) is 0 Å². The first kappa shape index (κ1) is 17.3. The molecule has 0 saturated carbocycles. The fraction of sp³-hybridized carbons (Fsp3) is 0.286. The molecule has 1 aromatic carbocycles. The molecule has 23 heavy (non-hydrogen) atoms. The van der Waals surface area contributed by atoms with Gasteiger partial charge < -0.3 is 4.74 Å². The van der Waals surface area contributed by atoms with Gasteiger partial charge in [0, 0.05) is 12.1 Å². The summed E-state index contributed by atoms with van der Waals surface area (Å²) in [5, 5.41) is 3.34. The molecule has 2 rings (SSSR count). The van der Waals surface area contributed by atoms with Gasteiger partial charge in [-0.3, -0.25) is 4.79 Å². The summed E-state index contributed by atoms with van der Waals surface area (Å²) in [7, 11) is 0. The molecule has 0 unspecified atom stereocenters. The van der Waals surface area contributed by atoms with Crippen LogP contribution in [0.3, 0.4) is 0 Å². The molecule has 2 aromatic rings. The van der Waals surface area contributed by atoms with Crippen molar-refractivity contribution in [3.05, 3.63) is 51.2 Å². The molecule has 4 nitrogen and oxygen atoms in total. The maximum absolute atomic E-state index is 14.0. The maximum Gasteiger partial charge on any atom is 0.418 e. The lowest BCUT2D eigenvalue weighted by Gasteiger charge is -2.14. The Hall–Kier alpha value is -2.09. The summed E-state index contributed by atoms with van der Waals surface area (Å²) in [6.07, 6.45) is -4.54. The summed E-state index contributed by atoms with van der Waals surface area (Å²) in [6.45, 7) is 3.42. The normalized spacial score (nSPS) is 11.8. The van der Waals surface area contributed by atoms with Crippen LogP contribution in [-0.2, 0) is 6.18 Å². The lowest BCUT2D eigenvalue weighted by Crippen LogP contribution is -2.24. The van der Waals surface area contributed by atoms with Crippen molar-refractivity contribution in [1.82, 2.24) is 9.78 Å². The van der Waals surface area contributed by atoms with Crippen LogP contribution in [0.1, 0.15) is 19.4 Å². The number of benzene rings is 1. The molecule has 0 aliphatic heterocycles. The Morgan fingerprint density at radius 1 is 1.26 bits per heavy atom. The van der Waals surface area contributed by atoms with E-state index < -0.39 is 23.1 Å². The maximum atomic E-state index is 14.0. The second kappa shape index (κ2) is 6.19. The molecule has 0 saturated heterocycles. The molecule has 0 fully saturated rings. The standard InChI is InChI=1S/C14H11ClF4N2O2/c1-7(2)23-12-5-11(10(16)4-9(12)15)21-13(22)3-8(6-20-21)14(17,18)19/h3-7H,1-2H3. The molecule has 0 spiro atoms. The quantitative estimate of drug-likeness (QED) is 0.790. The van der Waals surface area contributed by atoms with Gasteiger partial charge in [-0.15, -0.1) is 0 Å². The van der Waals surface area contributed by atoms with Crippen LogP contribution >= 0.6 is 11.6 Å². The zero-order valence-electron chi connectivity index (χ0n) is 12.0. The first-order chi connectivity index (χ1) is 10.6. The Kier molecular flexibility index (Phi) is 4.65. The Labute approximate surface area is 133 Å². The van der Waals surface area contributed by atoms with Gasteiger partial charge in [0.15, 0.2) is 5.82 Å². The first-order valence-corrected chi connectivity index (χ1v) is 6.80. The SMILES string of the molecule is CC(C)Oc1cc(-n2ncc(C(F)(F)F)cc2=O)c(F)cc1Cl. The predicted molar refractivity (Wildman–Crippen MR) is 75.6 cm³/mol. The summed E-state index contributed by atoms with van der Waals surface area (Å²) >= 11 is 5.84. The lowest BCUT2D eigenvalue weighted by atomic mass is 10.2. The molecular weight excluding hydrogens is 340 g/mol. The summed E-state index contributed by atoms with van der Waals surface area (Å²) in [5.74, 6) is -0.827. The van der Waals surface area contributed by atoms with Crippen molar-refractivity contribution in [2.45, 2.75) is 26.1 Å². The number of ether oxygens (including phenoxy) is 1. The lowest BCUT2D eigenvalue weighted by molar-refractivity contribution is -0.138. The smallest absolute Gasteiger partial charge is 0.418 e. The minimum Gasteiger partial charge on any atom is -0.489 e. The van der Waals surface area contributed by atoms with Crippen molar-refractivity contribution in [1.29, 1.82) is 0 Å². The van der Waals surface area contributed by atoms with E-state index in [0.29, 0.717) is 16.9 Å². The second-order valence-corrected chi connectivity index (χ2v) is 5.30. The van der Waals surface area contributed by atoms with Crippen molar-refractivity contribution in [2.24, 2.45) is 0 Å². The molecule has 1 aromatic heterocycles. The van der Waals surface area contributed by atoms with E-state index in [9.17, 15) is 22.4 Å². The van der Waals surface area contributed by atoms with Crippen LogP contribution in [0.2, 0.25) is 5.02 Å². The van der Waals surface area contributed by atoms with Crippen molar-refractivity contribution in [3.63, 3.8) is 0 Å². The van der Waals surface area contributed by atoms with Gasteiger partial charge >= 0.3 is 6.18 Å². The monoisotopic (exact) mass is 350 g/mol. The van der Waals surface area contributed by atoms with E-state index in [0.717, 1.165) is 12.1 Å². The van der Waals surface area contributed by atoms with Crippen molar-refractivity contribution in [3.8, 4) is 11.4 Å². The molecule has 0 N–H and O–H groups in total. The third-order valence-electron chi connectivity index (χ3n) is 2.72. The molecule has 0 radical (unpaired) electrons. The van der Waals surface area contributed by atoms with Gasteiger partial charge in [0.2, 0.25) is 0 Å². The highest BCUT2D eigenvalue weighted by atomic mass is 35.5. The van der Waals surface area contributed by atoms with Crippen LogP contribution < -0.4 is 10.3 Å². The van der Waals surface area contributed by atoms with E-state index in [2.05, 4.69) is 5.10 Å². The molecule has 0 amide bonds. The van der Waals surface area contributed by atoms with Crippen LogP contribution in [0.15, 0.2) is 29.2 Å². The number of nitrogens with zero attached hydrogens (tertiary/aromatic N) is 2. The number of hydrogen-bond donors (Lipinski definition) is 0. The Balaban J connectivity index is 2.56. The van der Waals surface area contributed by atoms with E-state index in [1.54, 1.807) is 13.8 Å². The molecule has 0 aliphatic rings. The third kappa shape index (κ3) is 3.82. The fourth-order valence-corrected chi connectivity index (χ4v) is 1.96. The third-order valence-corrected chi connectivity index (χ3v) is 3.01. The fourth-order valence-electron chi connectivity index (χ4n) is 1.77. The van der Waals surface area contributed by atoms with Crippen LogP contribution in [-0.4, -0.2) is 15.9 Å². The zero-order chi connectivity index (χ0) is 17.4. The average Bonchev–Trinajstić information content (AvgIpc) is 2.41. The minimum absolute atomic E-state index is 0.0279. The highest BCUT2D eigenvalue weighted by Crippen LogP contribution is 2.30. The summed E-state index contributed by atoms with van der Waals surface area (Å²) < 4.78 is 57.5. The van der Waals surface area contributed by atoms with Crippen LogP contribution in [0.4, 0.5) is 17.6 Å². The van der Waals surface area contributed by atoms with Gasteiger partial charge in [0.25, 0.3) is 5.56 Å². The first-order valence-electron chi connectivity index (χ1n) is 6.42. The number of halogens is 5. The summed E-state index contributed by atoms with van der Waals surface area (Å²) in [5.41, 5.74) is -2.70. The predicted octanol–water partition coefficient (Wildman–Crippen LogP) is 3.83.